The van der Waals surface area contributed by atoms with E-state index in [9.17, 15) is 9.59 Å². The van der Waals surface area contributed by atoms with Gasteiger partial charge in [-0.25, -0.2) is 4.79 Å². The van der Waals surface area contributed by atoms with Crippen LogP contribution in [-0.4, -0.2) is 34.5 Å². The third-order valence-electron chi connectivity index (χ3n) is 1.91. The highest BCUT2D eigenvalue weighted by Gasteiger charge is 2.23. The fourth-order valence-corrected chi connectivity index (χ4v) is 1.04. The number of aliphatic carboxylic acids is 1. The molecule has 1 N–H and O–H groups in total. The molecule has 1 amide bonds. The first-order valence-electron chi connectivity index (χ1n) is 4.43. The van der Waals surface area contributed by atoms with Crippen molar-refractivity contribution in [1.82, 2.24) is 4.90 Å². The van der Waals surface area contributed by atoms with Gasteiger partial charge in [0, 0.05) is 13.0 Å². The molecule has 0 saturated carbocycles. The van der Waals surface area contributed by atoms with Crippen molar-refractivity contribution in [2.45, 2.75) is 32.7 Å². The lowest BCUT2D eigenvalue weighted by atomic mass is 10.2. The van der Waals surface area contributed by atoms with Crippen LogP contribution in [0.1, 0.15) is 26.7 Å². The lowest BCUT2D eigenvalue weighted by Crippen LogP contribution is -2.43. The van der Waals surface area contributed by atoms with Gasteiger partial charge in [-0.1, -0.05) is 6.92 Å². The number of carboxylic acids is 1. The molecule has 78 valence electrons. The third-order valence-corrected chi connectivity index (χ3v) is 1.91. The average Bonchev–Trinajstić information content (AvgIpc) is 2.17. The summed E-state index contributed by atoms with van der Waals surface area (Å²) in [7, 11) is 0. The van der Waals surface area contributed by atoms with Gasteiger partial charge < -0.3 is 10.0 Å². The van der Waals surface area contributed by atoms with Crippen LogP contribution in [0, 0.1) is 11.3 Å². The lowest BCUT2D eigenvalue weighted by molar-refractivity contribution is -0.149. The molecule has 0 spiro atoms. The normalized spacial score (nSPS) is 11.5. The average molecular weight is 198 g/mol. The Labute approximate surface area is 82.9 Å². The van der Waals surface area contributed by atoms with Crippen molar-refractivity contribution in [3.05, 3.63) is 0 Å². The van der Waals surface area contributed by atoms with Crippen LogP contribution in [0.25, 0.3) is 0 Å². The highest BCUT2D eigenvalue weighted by molar-refractivity contribution is 5.83. The van der Waals surface area contributed by atoms with E-state index in [2.05, 4.69) is 0 Å². The third kappa shape index (κ3) is 3.44. The van der Waals surface area contributed by atoms with Crippen LogP contribution < -0.4 is 0 Å². The van der Waals surface area contributed by atoms with E-state index in [0.29, 0.717) is 0 Å². The molecule has 14 heavy (non-hydrogen) atoms. The van der Waals surface area contributed by atoms with E-state index in [4.69, 9.17) is 10.4 Å². The summed E-state index contributed by atoms with van der Waals surface area (Å²) in [6.45, 7) is 3.28. The largest absolute Gasteiger partial charge is 0.480 e. The first-order valence-corrected chi connectivity index (χ1v) is 4.43. The molecule has 1 unspecified atom stereocenters. The van der Waals surface area contributed by atoms with Crippen molar-refractivity contribution in [3.8, 4) is 6.07 Å². The second-order valence-corrected chi connectivity index (χ2v) is 2.86. The van der Waals surface area contributed by atoms with E-state index in [1.165, 1.54) is 11.8 Å². The van der Waals surface area contributed by atoms with Gasteiger partial charge in [-0.2, -0.15) is 5.26 Å². The number of carboxylic acid groups (broad SMARTS) is 1. The van der Waals surface area contributed by atoms with E-state index < -0.39 is 12.0 Å². The number of amides is 1. The van der Waals surface area contributed by atoms with Gasteiger partial charge in [0.2, 0.25) is 5.91 Å². The van der Waals surface area contributed by atoms with Crippen LogP contribution in [0.3, 0.4) is 0 Å². The van der Waals surface area contributed by atoms with Gasteiger partial charge in [0.15, 0.2) is 0 Å². The van der Waals surface area contributed by atoms with Crippen molar-refractivity contribution in [1.29, 1.82) is 5.26 Å². The van der Waals surface area contributed by atoms with Crippen LogP contribution in [0.15, 0.2) is 0 Å². The summed E-state index contributed by atoms with van der Waals surface area (Å²) in [6.07, 6.45) is 0.409. The highest BCUT2D eigenvalue weighted by Crippen LogP contribution is 2.03. The molecule has 0 saturated heterocycles. The van der Waals surface area contributed by atoms with E-state index in [1.54, 1.807) is 6.92 Å². The van der Waals surface area contributed by atoms with Crippen molar-refractivity contribution in [3.63, 3.8) is 0 Å². The number of nitriles is 1. The molecule has 0 aromatic carbocycles. The van der Waals surface area contributed by atoms with Crippen LogP contribution in [0.5, 0.6) is 0 Å². The van der Waals surface area contributed by atoms with Crippen molar-refractivity contribution in [2.24, 2.45) is 0 Å². The van der Waals surface area contributed by atoms with E-state index >= 15 is 0 Å². The molecule has 0 rings (SSSR count). The SMILES string of the molecule is CCC(=O)N(CCC#N)C(C)C(=O)O. The van der Waals surface area contributed by atoms with Crippen molar-refractivity contribution >= 4 is 11.9 Å². The van der Waals surface area contributed by atoms with Crippen LogP contribution in [0.2, 0.25) is 0 Å². The number of hydrogen-bond donors (Lipinski definition) is 1. The van der Waals surface area contributed by atoms with E-state index in [1.807, 2.05) is 6.07 Å². The molecular weight excluding hydrogens is 184 g/mol. The molecule has 5 nitrogen and oxygen atoms in total. The van der Waals surface area contributed by atoms with E-state index in [0.717, 1.165) is 0 Å². The summed E-state index contributed by atoms with van der Waals surface area (Å²) in [5.41, 5.74) is 0. The fraction of sp³-hybridized carbons (Fsp3) is 0.667. The topological polar surface area (TPSA) is 81.4 Å². The summed E-state index contributed by atoms with van der Waals surface area (Å²) in [5, 5.41) is 17.1. The predicted molar refractivity (Wildman–Crippen MR) is 49.3 cm³/mol. The Balaban J connectivity index is 4.47. The molecular formula is C9H14N2O3. The molecule has 0 fully saturated rings. The van der Waals surface area contributed by atoms with Gasteiger partial charge in [0.25, 0.3) is 0 Å². The second kappa shape index (κ2) is 5.97. The molecule has 0 heterocycles. The number of hydrogen-bond acceptors (Lipinski definition) is 3. The minimum atomic E-state index is -1.05. The van der Waals surface area contributed by atoms with Gasteiger partial charge in [-0.3, -0.25) is 4.79 Å². The van der Waals surface area contributed by atoms with Gasteiger partial charge in [0.1, 0.15) is 6.04 Å². The van der Waals surface area contributed by atoms with Gasteiger partial charge >= 0.3 is 5.97 Å². The molecule has 0 aliphatic carbocycles. The zero-order chi connectivity index (χ0) is 11.1. The Kier molecular flexibility index (Phi) is 5.30. The maximum atomic E-state index is 11.3. The fourth-order valence-electron chi connectivity index (χ4n) is 1.04. The Morgan fingerprint density at radius 1 is 1.57 bits per heavy atom. The Morgan fingerprint density at radius 2 is 2.14 bits per heavy atom. The minimum Gasteiger partial charge on any atom is -0.480 e. The highest BCUT2D eigenvalue weighted by atomic mass is 16.4. The molecule has 0 aliphatic rings. The van der Waals surface area contributed by atoms with Crippen molar-refractivity contribution < 1.29 is 14.7 Å². The van der Waals surface area contributed by atoms with Crippen molar-refractivity contribution in [2.75, 3.05) is 6.54 Å². The van der Waals surface area contributed by atoms with Crippen LogP contribution in [0.4, 0.5) is 0 Å². The maximum Gasteiger partial charge on any atom is 0.326 e. The van der Waals surface area contributed by atoms with Crippen LogP contribution in [-0.2, 0) is 9.59 Å². The smallest absolute Gasteiger partial charge is 0.326 e. The Bertz CT molecular complexity index is 257. The minimum absolute atomic E-state index is 0.156. The lowest BCUT2D eigenvalue weighted by Gasteiger charge is -2.24. The Hall–Kier alpha value is -1.57. The summed E-state index contributed by atoms with van der Waals surface area (Å²) >= 11 is 0. The maximum absolute atomic E-state index is 11.3. The van der Waals surface area contributed by atoms with Gasteiger partial charge in [-0.05, 0) is 6.92 Å². The molecule has 0 aliphatic heterocycles. The zero-order valence-electron chi connectivity index (χ0n) is 8.36. The first kappa shape index (κ1) is 12.4. The molecule has 0 radical (unpaired) electrons. The molecule has 5 heteroatoms. The molecule has 0 aromatic rings. The number of nitrogens with zero attached hydrogens (tertiary/aromatic N) is 2. The van der Waals surface area contributed by atoms with Gasteiger partial charge in [0.05, 0.1) is 12.5 Å². The summed E-state index contributed by atoms with van der Waals surface area (Å²) in [5.74, 6) is -1.29. The first-order chi connectivity index (χ1) is 6.54. The standard InChI is InChI=1S/C9H14N2O3/c1-3-8(12)11(6-4-5-10)7(2)9(13)14/h7H,3-4,6H2,1-2H3,(H,13,14). The Morgan fingerprint density at radius 3 is 2.50 bits per heavy atom. The second-order valence-electron chi connectivity index (χ2n) is 2.86. The predicted octanol–water partition coefficient (Wildman–Crippen LogP) is 0.612. The van der Waals surface area contributed by atoms with Crippen LogP contribution >= 0.6 is 0 Å². The quantitative estimate of drug-likeness (QED) is 0.701. The molecule has 0 bridgehead atoms. The van der Waals surface area contributed by atoms with Gasteiger partial charge in [-0.15, -0.1) is 0 Å². The van der Waals surface area contributed by atoms with E-state index in [-0.39, 0.29) is 25.3 Å². The summed E-state index contributed by atoms with van der Waals surface area (Å²) in [4.78, 5) is 23.2. The number of rotatable bonds is 5. The monoisotopic (exact) mass is 198 g/mol. The number of carbonyl (C=O) groups is 2. The zero-order valence-corrected chi connectivity index (χ0v) is 8.36. The number of carbonyl (C=O) groups excluding carboxylic acids is 1. The molecule has 1 atom stereocenters. The summed E-state index contributed by atoms with van der Waals surface area (Å²) in [6, 6.07) is 1.02. The summed E-state index contributed by atoms with van der Waals surface area (Å²) < 4.78 is 0. The molecule has 0 aromatic heterocycles.